The van der Waals surface area contributed by atoms with Crippen molar-refractivity contribution in [1.82, 2.24) is 10.2 Å². The summed E-state index contributed by atoms with van der Waals surface area (Å²) in [7, 11) is 0. The summed E-state index contributed by atoms with van der Waals surface area (Å²) in [5, 5.41) is 3.10. The normalized spacial score (nSPS) is 28.1. The number of fused-ring (bicyclic) bond motifs is 1. The molecule has 3 nitrogen and oxygen atoms in total. The Bertz CT molecular complexity index is 346. The average molecular weight is 236 g/mol. The van der Waals surface area contributed by atoms with Crippen LogP contribution in [0.1, 0.15) is 40.5 Å². The largest absolute Gasteiger partial charge is 0.329 e. The van der Waals surface area contributed by atoms with Crippen LogP contribution in [0.25, 0.3) is 0 Å². The lowest BCUT2D eigenvalue weighted by Crippen LogP contribution is -2.40. The molecule has 0 bridgehead atoms. The summed E-state index contributed by atoms with van der Waals surface area (Å²) in [5.41, 5.74) is 2.50. The molecule has 2 heterocycles. The topological polar surface area (TPSA) is 32.3 Å². The molecular weight excluding hydrogens is 212 g/mol. The second-order valence-corrected chi connectivity index (χ2v) is 5.80. The van der Waals surface area contributed by atoms with Gasteiger partial charge in [0.1, 0.15) is 0 Å². The van der Waals surface area contributed by atoms with Crippen LogP contribution in [0.3, 0.4) is 0 Å². The molecule has 2 atom stereocenters. The van der Waals surface area contributed by atoms with Gasteiger partial charge in [0.2, 0.25) is 5.91 Å². The van der Waals surface area contributed by atoms with Crippen molar-refractivity contribution in [3.8, 4) is 0 Å². The van der Waals surface area contributed by atoms with Crippen LogP contribution in [0.4, 0.5) is 0 Å². The van der Waals surface area contributed by atoms with Gasteiger partial charge in [-0.05, 0) is 43.7 Å². The van der Waals surface area contributed by atoms with E-state index in [1.165, 1.54) is 5.57 Å². The highest BCUT2D eigenvalue weighted by Gasteiger charge is 2.35. The number of allylic oxidation sites excluding steroid dienone is 1. The molecule has 2 rings (SSSR count). The third-order valence-electron chi connectivity index (χ3n) is 4.38. The summed E-state index contributed by atoms with van der Waals surface area (Å²) in [6.07, 6.45) is 2.17. The van der Waals surface area contributed by atoms with E-state index in [9.17, 15) is 4.79 Å². The number of nitrogens with one attached hydrogen (secondary N) is 1. The van der Waals surface area contributed by atoms with Crippen LogP contribution in [0.2, 0.25) is 0 Å². The molecule has 1 unspecified atom stereocenters. The Labute approximate surface area is 104 Å². The van der Waals surface area contributed by atoms with Gasteiger partial charge in [0.05, 0.1) is 6.04 Å². The molecule has 1 saturated heterocycles. The second kappa shape index (κ2) is 4.81. The van der Waals surface area contributed by atoms with Gasteiger partial charge in [-0.25, -0.2) is 0 Å². The van der Waals surface area contributed by atoms with Crippen LogP contribution in [0, 0.1) is 11.8 Å². The van der Waals surface area contributed by atoms with Crippen LogP contribution in [0.15, 0.2) is 11.3 Å². The molecule has 96 valence electrons. The summed E-state index contributed by atoms with van der Waals surface area (Å²) in [6.45, 7) is 10.9. The van der Waals surface area contributed by atoms with Crippen LogP contribution in [-0.4, -0.2) is 29.9 Å². The maximum Gasteiger partial charge on any atom is 0.241 e. The fraction of sp³-hybridized carbons (Fsp3) is 0.786. The van der Waals surface area contributed by atoms with Crippen molar-refractivity contribution in [3.63, 3.8) is 0 Å². The summed E-state index contributed by atoms with van der Waals surface area (Å²) >= 11 is 0. The van der Waals surface area contributed by atoms with Crippen LogP contribution >= 0.6 is 0 Å². The van der Waals surface area contributed by atoms with Crippen molar-refractivity contribution in [2.24, 2.45) is 11.8 Å². The molecule has 0 aromatic heterocycles. The zero-order valence-corrected chi connectivity index (χ0v) is 11.4. The second-order valence-electron chi connectivity index (χ2n) is 5.80. The fourth-order valence-electron chi connectivity index (χ4n) is 2.89. The minimum atomic E-state index is 0.113. The molecule has 1 amide bonds. The third-order valence-corrected chi connectivity index (χ3v) is 4.38. The highest BCUT2D eigenvalue weighted by Crippen LogP contribution is 2.29. The minimum absolute atomic E-state index is 0.113. The fourth-order valence-corrected chi connectivity index (χ4v) is 2.89. The smallest absolute Gasteiger partial charge is 0.241 e. The molecule has 3 heteroatoms. The van der Waals surface area contributed by atoms with E-state index in [2.05, 4.69) is 31.0 Å². The molecule has 0 spiro atoms. The van der Waals surface area contributed by atoms with Crippen LogP contribution < -0.4 is 5.32 Å². The molecule has 0 aromatic rings. The van der Waals surface area contributed by atoms with Crippen LogP contribution in [0.5, 0.6) is 0 Å². The summed E-state index contributed by atoms with van der Waals surface area (Å²) in [5.74, 6) is 1.36. The number of amides is 1. The Morgan fingerprint density at radius 1 is 1.35 bits per heavy atom. The predicted molar refractivity (Wildman–Crippen MR) is 69.4 cm³/mol. The lowest BCUT2D eigenvalue weighted by Gasteiger charge is -2.25. The minimum Gasteiger partial charge on any atom is -0.329 e. The van der Waals surface area contributed by atoms with E-state index >= 15 is 0 Å². The first-order valence-corrected chi connectivity index (χ1v) is 6.75. The Morgan fingerprint density at radius 3 is 2.71 bits per heavy atom. The molecule has 0 aliphatic carbocycles. The number of hydrogen-bond donors (Lipinski definition) is 1. The van der Waals surface area contributed by atoms with Gasteiger partial charge in [0.25, 0.3) is 0 Å². The molecule has 2 aliphatic rings. The number of carbonyl (C=O) groups is 1. The Balaban J connectivity index is 2.25. The van der Waals surface area contributed by atoms with E-state index in [0.29, 0.717) is 11.8 Å². The van der Waals surface area contributed by atoms with Gasteiger partial charge in [-0.15, -0.1) is 0 Å². The molecule has 0 radical (unpaired) electrons. The quantitative estimate of drug-likeness (QED) is 0.796. The summed E-state index contributed by atoms with van der Waals surface area (Å²) in [6, 6.07) is 0.113. The van der Waals surface area contributed by atoms with Gasteiger partial charge in [0.15, 0.2) is 0 Å². The van der Waals surface area contributed by atoms with Gasteiger partial charge in [-0.1, -0.05) is 20.8 Å². The SMILES string of the molecule is CC1=C(C(C)C(C)C)CN2CCC[C@H]2C(=O)N1. The van der Waals surface area contributed by atoms with Crippen molar-refractivity contribution in [2.45, 2.75) is 46.6 Å². The lowest BCUT2D eigenvalue weighted by atomic mass is 9.88. The maximum atomic E-state index is 12.1. The van der Waals surface area contributed by atoms with Crippen molar-refractivity contribution >= 4 is 5.91 Å². The average Bonchev–Trinajstić information content (AvgIpc) is 2.68. The standard InChI is InChI=1S/C14H24N2O/c1-9(2)10(3)12-8-16-7-5-6-13(16)14(17)15-11(12)4/h9-10,13H,5-8H2,1-4H3,(H,15,17)/t10?,13-/m0/s1. The van der Waals surface area contributed by atoms with E-state index in [1.54, 1.807) is 0 Å². The van der Waals surface area contributed by atoms with Crippen molar-refractivity contribution in [3.05, 3.63) is 11.3 Å². The van der Waals surface area contributed by atoms with Crippen molar-refractivity contribution in [1.29, 1.82) is 0 Å². The van der Waals surface area contributed by atoms with Gasteiger partial charge in [-0.2, -0.15) is 0 Å². The van der Waals surface area contributed by atoms with E-state index in [4.69, 9.17) is 0 Å². The number of hydrogen-bond acceptors (Lipinski definition) is 2. The van der Waals surface area contributed by atoms with Crippen molar-refractivity contribution < 1.29 is 4.79 Å². The van der Waals surface area contributed by atoms with Crippen molar-refractivity contribution in [2.75, 3.05) is 13.1 Å². The van der Waals surface area contributed by atoms with Crippen LogP contribution in [-0.2, 0) is 4.79 Å². The first-order chi connectivity index (χ1) is 8.00. The number of rotatable bonds is 2. The predicted octanol–water partition coefficient (Wildman–Crippen LogP) is 2.15. The third kappa shape index (κ3) is 2.39. The highest BCUT2D eigenvalue weighted by molar-refractivity contribution is 5.84. The number of carbonyl (C=O) groups excluding carboxylic acids is 1. The van der Waals surface area contributed by atoms with Gasteiger partial charge in [0, 0.05) is 12.2 Å². The summed E-state index contributed by atoms with van der Waals surface area (Å²) < 4.78 is 0. The van der Waals surface area contributed by atoms with Gasteiger partial charge >= 0.3 is 0 Å². The molecule has 2 aliphatic heterocycles. The van der Waals surface area contributed by atoms with E-state index in [1.807, 2.05) is 6.92 Å². The van der Waals surface area contributed by atoms with Gasteiger partial charge < -0.3 is 5.32 Å². The highest BCUT2D eigenvalue weighted by atomic mass is 16.2. The monoisotopic (exact) mass is 236 g/mol. The molecular formula is C14H24N2O. The molecule has 0 aromatic carbocycles. The molecule has 1 fully saturated rings. The number of nitrogens with zero attached hydrogens (tertiary/aromatic N) is 1. The molecule has 0 saturated carbocycles. The van der Waals surface area contributed by atoms with E-state index in [0.717, 1.165) is 31.6 Å². The van der Waals surface area contributed by atoms with E-state index < -0.39 is 0 Å². The lowest BCUT2D eigenvalue weighted by molar-refractivity contribution is -0.124. The Kier molecular flexibility index (Phi) is 3.57. The Hall–Kier alpha value is -0.830. The first kappa shape index (κ1) is 12.6. The zero-order chi connectivity index (χ0) is 12.6. The van der Waals surface area contributed by atoms with E-state index in [-0.39, 0.29) is 11.9 Å². The zero-order valence-electron chi connectivity index (χ0n) is 11.4. The molecule has 17 heavy (non-hydrogen) atoms. The molecule has 1 N–H and O–H groups in total. The van der Waals surface area contributed by atoms with Gasteiger partial charge in [-0.3, -0.25) is 9.69 Å². The first-order valence-electron chi connectivity index (χ1n) is 6.75. The maximum absolute atomic E-state index is 12.1. The summed E-state index contributed by atoms with van der Waals surface area (Å²) in [4.78, 5) is 14.4. The Morgan fingerprint density at radius 2 is 2.06 bits per heavy atom.